The molecule has 2 aromatic heterocycles. The number of benzene rings is 1. The molecule has 310 valence electrons. The van der Waals surface area contributed by atoms with Crippen molar-refractivity contribution in [1.82, 2.24) is 14.6 Å². The Balaban J connectivity index is 1.26. The lowest BCUT2D eigenvalue weighted by Crippen LogP contribution is -2.44. The van der Waals surface area contributed by atoms with Gasteiger partial charge >= 0.3 is 7.82 Å². The van der Waals surface area contributed by atoms with Gasteiger partial charge in [0.15, 0.2) is 11.4 Å². The predicted molar refractivity (Wildman–Crippen MR) is 208 cm³/mol. The molecular weight excluding hydrogens is 746 g/mol. The molecule has 1 aliphatic rings. The molecule has 4 rings (SSSR count). The van der Waals surface area contributed by atoms with Crippen LogP contribution in [-0.2, 0) is 40.0 Å². The van der Waals surface area contributed by atoms with Gasteiger partial charge in [-0.15, -0.1) is 0 Å². The van der Waals surface area contributed by atoms with E-state index in [1.165, 1.54) is 87.2 Å². The highest BCUT2D eigenvalue weighted by molar-refractivity contribution is 7.47. The zero-order valence-electron chi connectivity index (χ0n) is 32.3. The Labute approximate surface area is 328 Å². The molecule has 0 aliphatic carbocycles. The molecule has 1 aliphatic heterocycles. The van der Waals surface area contributed by atoms with Crippen LogP contribution in [0.25, 0.3) is 5.52 Å². The van der Waals surface area contributed by atoms with Crippen LogP contribution in [0.15, 0.2) is 41.7 Å². The molecule has 3 heterocycles. The average molecular weight is 805 g/mol. The van der Waals surface area contributed by atoms with E-state index in [4.69, 9.17) is 29.0 Å². The van der Waals surface area contributed by atoms with Crippen molar-refractivity contribution in [2.45, 2.75) is 127 Å². The molecule has 56 heavy (non-hydrogen) atoms. The fourth-order valence-corrected chi connectivity index (χ4v) is 7.62. The van der Waals surface area contributed by atoms with E-state index in [1.54, 1.807) is 12.1 Å². The summed E-state index contributed by atoms with van der Waals surface area (Å²) in [5.41, 5.74) is 5.55. The number of aliphatic hydroxyl groups is 2. The second kappa shape index (κ2) is 23.1. The number of halogens is 1. The number of fused-ring (bicyclic) bond motifs is 1. The van der Waals surface area contributed by atoms with E-state index in [-0.39, 0.29) is 31.1 Å². The standard InChI is InChI=1S/C39H58FN6O9P/c1-3-4-5-6-7-8-9-10-11-12-13-14-15-18-51-24-32(52-23-30-19-29(22-41)20-31(40)21-30)25-53-56(49,50)54-26-34-36(47)37(48)39(55-34,27-43-2)35-17-16-33-38(42)44-28-45-46(33)35/h16-17,19-21,28,32,34,36-37,47-48H,2-15,18,23-27H2,1H3,(H,49,50)(H2,42,44,45)/t32-,34-,36-,37-,39+/m1/s1. The van der Waals surface area contributed by atoms with Crippen LogP contribution < -0.4 is 5.73 Å². The number of phosphoric ester groups is 1. The Kier molecular flexibility index (Phi) is 18.7. The van der Waals surface area contributed by atoms with Crippen LogP contribution >= 0.6 is 7.82 Å². The summed E-state index contributed by atoms with van der Waals surface area (Å²) >= 11 is 0. The van der Waals surface area contributed by atoms with Gasteiger partial charge in [0.05, 0.1) is 50.3 Å². The van der Waals surface area contributed by atoms with Crippen molar-refractivity contribution in [3.05, 3.63) is 59.3 Å². The summed E-state index contributed by atoms with van der Waals surface area (Å²) in [6.45, 7) is 4.79. The number of ether oxygens (including phenoxy) is 3. The number of phosphoric acid groups is 1. The summed E-state index contributed by atoms with van der Waals surface area (Å²) in [4.78, 5) is 18.5. The first-order valence-corrected chi connectivity index (χ1v) is 21.1. The van der Waals surface area contributed by atoms with E-state index in [2.05, 4.69) is 28.7 Å². The predicted octanol–water partition coefficient (Wildman–Crippen LogP) is 6.17. The maximum atomic E-state index is 14.1. The van der Waals surface area contributed by atoms with Gasteiger partial charge in [0.1, 0.15) is 42.1 Å². The van der Waals surface area contributed by atoms with Crippen molar-refractivity contribution in [3.8, 4) is 6.07 Å². The first kappa shape index (κ1) is 45.3. The van der Waals surface area contributed by atoms with Gasteiger partial charge < -0.3 is 35.1 Å². The van der Waals surface area contributed by atoms with Gasteiger partial charge in [-0.05, 0) is 49.0 Å². The van der Waals surface area contributed by atoms with Gasteiger partial charge in [-0.25, -0.2) is 18.5 Å². The Hall–Kier alpha value is -3.36. The van der Waals surface area contributed by atoms with Crippen molar-refractivity contribution >= 4 is 25.9 Å². The lowest BCUT2D eigenvalue weighted by atomic mass is 9.91. The summed E-state index contributed by atoms with van der Waals surface area (Å²) < 4.78 is 56.9. The van der Waals surface area contributed by atoms with Crippen molar-refractivity contribution < 1.29 is 47.3 Å². The molecule has 0 radical (unpaired) electrons. The number of nitriles is 1. The highest BCUT2D eigenvalue weighted by atomic mass is 31.2. The summed E-state index contributed by atoms with van der Waals surface area (Å²) in [5, 5.41) is 35.6. The molecule has 1 saturated heterocycles. The number of nitrogens with zero attached hydrogens (tertiary/aromatic N) is 5. The minimum atomic E-state index is -4.79. The molecule has 5 N–H and O–H groups in total. The molecule has 1 aromatic carbocycles. The lowest BCUT2D eigenvalue weighted by Gasteiger charge is -2.30. The van der Waals surface area contributed by atoms with Gasteiger partial charge in [0.25, 0.3) is 0 Å². The second-order valence-electron chi connectivity index (χ2n) is 14.3. The van der Waals surface area contributed by atoms with E-state index in [1.807, 2.05) is 6.07 Å². The van der Waals surface area contributed by atoms with E-state index >= 15 is 0 Å². The topological polar surface area (TPSA) is 216 Å². The summed E-state index contributed by atoms with van der Waals surface area (Å²) in [5.74, 6) is -0.423. The third-order valence-corrected chi connectivity index (χ3v) is 10.9. The summed E-state index contributed by atoms with van der Waals surface area (Å²) in [6, 6.07) is 8.94. The number of rotatable bonds is 28. The molecule has 0 bridgehead atoms. The maximum absolute atomic E-state index is 14.1. The smallest absolute Gasteiger partial charge is 0.387 e. The quantitative estimate of drug-likeness (QED) is 0.0368. The average Bonchev–Trinajstić information content (AvgIpc) is 3.73. The molecular formula is C39H58FN6O9P. The molecule has 0 saturated carbocycles. The maximum Gasteiger partial charge on any atom is 0.472 e. The van der Waals surface area contributed by atoms with Crippen LogP contribution in [-0.4, -0.2) is 93.8 Å². The van der Waals surface area contributed by atoms with Crippen LogP contribution in [0, 0.1) is 17.1 Å². The van der Waals surface area contributed by atoms with Gasteiger partial charge in [0.2, 0.25) is 0 Å². The molecule has 15 nitrogen and oxygen atoms in total. The second-order valence-corrected chi connectivity index (χ2v) is 15.7. The number of aromatic nitrogens is 3. The lowest BCUT2D eigenvalue weighted by molar-refractivity contribution is -0.0953. The number of aliphatic imine (C=N–C) groups is 1. The van der Waals surface area contributed by atoms with E-state index in [0.29, 0.717) is 23.4 Å². The zero-order valence-corrected chi connectivity index (χ0v) is 33.2. The van der Waals surface area contributed by atoms with Crippen LogP contribution in [0.2, 0.25) is 0 Å². The first-order valence-electron chi connectivity index (χ1n) is 19.6. The van der Waals surface area contributed by atoms with Gasteiger partial charge in [-0.1, -0.05) is 84.0 Å². The summed E-state index contributed by atoms with van der Waals surface area (Å²) in [7, 11) is -4.79. The van der Waals surface area contributed by atoms with Crippen LogP contribution in [0.4, 0.5) is 10.2 Å². The van der Waals surface area contributed by atoms with Crippen molar-refractivity contribution in [2.75, 3.05) is 38.7 Å². The highest BCUT2D eigenvalue weighted by Crippen LogP contribution is 2.46. The Morgan fingerprint density at radius 2 is 1.73 bits per heavy atom. The minimum absolute atomic E-state index is 0.00569. The number of nitrogens with two attached hydrogens (primary N) is 1. The SMILES string of the molecule is C=NC[C@@]1(c2ccc3c(N)ncnn23)O[C@H](COP(=O)(O)OC[C@@H](COCCCCCCCCCCCCCCC)OCc2cc(F)cc(C#N)c2)[C@@H](O)[C@H]1O. The molecule has 6 atom stereocenters. The number of hydrogen-bond acceptors (Lipinski definition) is 13. The first-order chi connectivity index (χ1) is 27.0. The third kappa shape index (κ3) is 13.4. The van der Waals surface area contributed by atoms with Crippen LogP contribution in [0.3, 0.4) is 0 Å². The fraction of sp³-hybridized carbons (Fsp3) is 0.641. The van der Waals surface area contributed by atoms with Gasteiger partial charge in [0, 0.05) is 6.61 Å². The van der Waals surface area contributed by atoms with E-state index in [0.717, 1.165) is 25.3 Å². The largest absolute Gasteiger partial charge is 0.472 e. The van der Waals surface area contributed by atoms with Crippen LogP contribution in [0.1, 0.15) is 107 Å². The normalized spacial score (nSPS) is 21.2. The zero-order chi connectivity index (χ0) is 40.4. The number of nitrogen functional groups attached to an aromatic ring is 1. The van der Waals surface area contributed by atoms with Crippen molar-refractivity contribution in [1.29, 1.82) is 5.26 Å². The monoisotopic (exact) mass is 804 g/mol. The number of hydrogen-bond donors (Lipinski definition) is 4. The van der Waals surface area contributed by atoms with E-state index in [9.17, 15) is 29.3 Å². The Bertz CT molecular complexity index is 1740. The molecule has 17 heteroatoms. The molecule has 0 spiro atoms. The number of aliphatic hydroxyl groups excluding tert-OH is 2. The number of unbranched alkanes of at least 4 members (excludes halogenated alkanes) is 12. The van der Waals surface area contributed by atoms with Crippen molar-refractivity contribution in [3.63, 3.8) is 0 Å². The Morgan fingerprint density at radius 1 is 1.05 bits per heavy atom. The molecule has 0 amide bonds. The number of anilines is 1. The highest BCUT2D eigenvalue weighted by Gasteiger charge is 2.57. The fourth-order valence-electron chi connectivity index (χ4n) is 6.86. The molecule has 3 aromatic rings. The molecule has 1 fully saturated rings. The summed E-state index contributed by atoms with van der Waals surface area (Å²) in [6.07, 6.45) is 11.8. The third-order valence-electron chi connectivity index (χ3n) is 9.90. The van der Waals surface area contributed by atoms with Crippen molar-refractivity contribution in [2.24, 2.45) is 4.99 Å². The Morgan fingerprint density at radius 3 is 2.39 bits per heavy atom. The molecule has 1 unspecified atom stereocenters. The minimum Gasteiger partial charge on any atom is -0.387 e. The van der Waals surface area contributed by atoms with Crippen LogP contribution in [0.5, 0.6) is 0 Å². The van der Waals surface area contributed by atoms with E-state index < -0.39 is 56.9 Å². The van der Waals surface area contributed by atoms with Gasteiger partial charge in [-0.3, -0.25) is 14.0 Å². The van der Waals surface area contributed by atoms with Gasteiger partial charge in [-0.2, -0.15) is 10.4 Å².